The predicted octanol–water partition coefficient (Wildman–Crippen LogP) is 3.05. The molecule has 1 heterocycles. The first kappa shape index (κ1) is 15.1. The first-order valence-electron chi connectivity index (χ1n) is 7.70. The highest BCUT2D eigenvalue weighted by Crippen LogP contribution is 2.25. The van der Waals surface area contributed by atoms with E-state index in [0.29, 0.717) is 12.6 Å². The van der Waals surface area contributed by atoms with Crippen LogP contribution in [-0.4, -0.2) is 18.6 Å². The van der Waals surface area contributed by atoms with Crippen LogP contribution < -0.4 is 5.32 Å². The fourth-order valence-corrected chi connectivity index (χ4v) is 2.75. The summed E-state index contributed by atoms with van der Waals surface area (Å²) in [6.07, 6.45) is 4.85. The molecule has 0 bridgehead atoms. The third-order valence-electron chi connectivity index (χ3n) is 3.98. The van der Waals surface area contributed by atoms with E-state index in [-0.39, 0.29) is 11.9 Å². The molecule has 4 nitrogen and oxygen atoms in total. The quantitative estimate of drug-likeness (QED) is 0.813. The third kappa shape index (κ3) is 4.10. The summed E-state index contributed by atoms with van der Waals surface area (Å²) in [6.45, 7) is 5.20. The van der Waals surface area contributed by atoms with Gasteiger partial charge >= 0.3 is 5.97 Å². The van der Waals surface area contributed by atoms with Gasteiger partial charge in [0.15, 0.2) is 0 Å². The van der Waals surface area contributed by atoms with Crippen LogP contribution in [0.5, 0.6) is 0 Å². The number of rotatable bonds is 6. The van der Waals surface area contributed by atoms with Gasteiger partial charge in [0.25, 0.3) is 0 Å². The molecule has 0 amide bonds. The SMILES string of the molecule is CCOC(=O)C1CCC(NCc2ccc(CC)o2)CC1. The minimum atomic E-state index is -0.0235. The van der Waals surface area contributed by atoms with Crippen LogP contribution in [-0.2, 0) is 22.5 Å². The van der Waals surface area contributed by atoms with Crippen molar-refractivity contribution in [1.82, 2.24) is 5.32 Å². The Morgan fingerprint density at radius 2 is 1.95 bits per heavy atom. The molecule has 0 atom stereocenters. The van der Waals surface area contributed by atoms with Crippen LogP contribution >= 0.6 is 0 Å². The normalized spacial score (nSPS) is 22.7. The molecule has 0 aromatic carbocycles. The Morgan fingerprint density at radius 3 is 2.55 bits per heavy atom. The molecule has 112 valence electrons. The van der Waals surface area contributed by atoms with Crippen LogP contribution in [0.1, 0.15) is 51.1 Å². The smallest absolute Gasteiger partial charge is 0.308 e. The summed E-state index contributed by atoms with van der Waals surface area (Å²) in [7, 11) is 0. The number of nitrogens with one attached hydrogen (secondary N) is 1. The monoisotopic (exact) mass is 279 g/mol. The molecule has 20 heavy (non-hydrogen) atoms. The largest absolute Gasteiger partial charge is 0.466 e. The zero-order chi connectivity index (χ0) is 14.4. The summed E-state index contributed by atoms with van der Waals surface area (Å²) in [5.74, 6) is 2.11. The van der Waals surface area contributed by atoms with Gasteiger partial charge in [0.2, 0.25) is 0 Å². The van der Waals surface area contributed by atoms with Gasteiger partial charge in [0.1, 0.15) is 11.5 Å². The zero-order valence-corrected chi connectivity index (χ0v) is 12.5. The van der Waals surface area contributed by atoms with Gasteiger partial charge in [-0.25, -0.2) is 0 Å². The lowest BCUT2D eigenvalue weighted by molar-refractivity contribution is -0.149. The van der Waals surface area contributed by atoms with E-state index in [1.54, 1.807) is 0 Å². The van der Waals surface area contributed by atoms with Gasteiger partial charge in [0, 0.05) is 12.5 Å². The molecule has 0 radical (unpaired) electrons. The number of hydrogen-bond donors (Lipinski definition) is 1. The van der Waals surface area contributed by atoms with Crippen molar-refractivity contribution in [1.29, 1.82) is 0 Å². The molecular formula is C16H25NO3. The standard InChI is InChI=1S/C16H25NO3/c1-3-14-9-10-15(20-14)11-17-13-7-5-12(6-8-13)16(18)19-4-2/h9-10,12-13,17H,3-8,11H2,1-2H3. The predicted molar refractivity (Wildman–Crippen MR) is 77.3 cm³/mol. The molecule has 2 rings (SSSR count). The lowest BCUT2D eigenvalue weighted by Crippen LogP contribution is -2.35. The zero-order valence-electron chi connectivity index (χ0n) is 12.5. The van der Waals surface area contributed by atoms with E-state index < -0.39 is 0 Å². The van der Waals surface area contributed by atoms with Gasteiger partial charge in [-0.3, -0.25) is 4.79 Å². The lowest BCUT2D eigenvalue weighted by atomic mass is 9.86. The highest BCUT2D eigenvalue weighted by molar-refractivity contribution is 5.72. The number of hydrogen-bond acceptors (Lipinski definition) is 4. The average molecular weight is 279 g/mol. The molecule has 1 saturated carbocycles. The Kier molecular flexibility index (Phi) is 5.65. The first-order chi connectivity index (χ1) is 9.72. The van der Waals surface area contributed by atoms with Gasteiger partial charge in [-0.1, -0.05) is 6.92 Å². The highest BCUT2D eigenvalue weighted by Gasteiger charge is 2.26. The van der Waals surface area contributed by atoms with Crippen LogP contribution in [0, 0.1) is 5.92 Å². The molecule has 1 aromatic heterocycles. The van der Waals surface area contributed by atoms with E-state index in [4.69, 9.17) is 9.15 Å². The average Bonchev–Trinajstić information content (AvgIpc) is 2.94. The molecule has 1 aliphatic carbocycles. The minimum Gasteiger partial charge on any atom is -0.466 e. The van der Waals surface area contributed by atoms with Gasteiger partial charge in [-0.2, -0.15) is 0 Å². The number of aryl methyl sites for hydroxylation is 1. The second-order valence-corrected chi connectivity index (χ2v) is 5.40. The molecule has 0 unspecified atom stereocenters. The van der Waals surface area contributed by atoms with E-state index in [1.807, 2.05) is 19.1 Å². The molecule has 1 fully saturated rings. The van der Waals surface area contributed by atoms with Crippen LogP contribution in [0.4, 0.5) is 0 Å². The maximum atomic E-state index is 11.7. The molecule has 0 spiro atoms. The van der Waals surface area contributed by atoms with Crippen molar-refractivity contribution in [3.63, 3.8) is 0 Å². The summed E-state index contributed by atoms with van der Waals surface area (Å²) in [6, 6.07) is 4.56. The fraction of sp³-hybridized carbons (Fsp3) is 0.688. The number of furan rings is 1. The van der Waals surface area contributed by atoms with Crippen molar-refractivity contribution in [2.45, 2.75) is 58.5 Å². The van der Waals surface area contributed by atoms with Crippen molar-refractivity contribution in [3.8, 4) is 0 Å². The van der Waals surface area contributed by atoms with Gasteiger partial charge < -0.3 is 14.5 Å². The van der Waals surface area contributed by atoms with Gasteiger partial charge in [-0.15, -0.1) is 0 Å². The van der Waals surface area contributed by atoms with Crippen molar-refractivity contribution >= 4 is 5.97 Å². The summed E-state index contributed by atoms with van der Waals surface area (Å²) in [4.78, 5) is 11.7. The van der Waals surface area contributed by atoms with Crippen molar-refractivity contribution in [2.24, 2.45) is 5.92 Å². The number of ether oxygens (including phenoxy) is 1. The second kappa shape index (κ2) is 7.48. The molecule has 1 aromatic rings. The molecule has 0 saturated heterocycles. The van der Waals surface area contributed by atoms with Crippen LogP contribution in [0.15, 0.2) is 16.5 Å². The number of carbonyl (C=O) groups excluding carboxylic acids is 1. The number of esters is 1. The molecule has 1 aliphatic rings. The Balaban J connectivity index is 1.70. The Bertz CT molecular complexity index is 419. The van der Waals surface area contributed by atoms with E-state index in [1.165, 1.54) is 0 Å². The topological polar surface area (TPSA) is 51.5 Å². The minimum absolute atomic E-state index is 0.0235. The van der Waals surface area contributed by atoms with E-state index in [9.17, 15) is 4.79 Å². The maximum Gasteiger partial charge on any atom is 0.308 e. The summed E-state index contributed by atoms with van der Waals surface area (Å²) in [5.41, 5.74) is 0. The molecular weight excluding hydrogens is 254 g/mol. The van der Waals surface area contributed by atoms with Crippen molar-refractivity contribution in [2.75, 3.05) is 6.61 Å². The molecule has 0 aliphatic heterocycles. The molecule has 4 heteroatoms. The maximum absolute atomic E-state index is 11.7. The lowest BCUT2D eigenvalue weighted by Gasteiger charge is -2.27. The first-order valence-corrected chi connectivity index (χ1v) is 7.70. The van der Waals surface area contributed by atoms with Gasteiger partial charge in [-0.05, 0) is 44.7 Å². The van der Waals surface area contributed by atoms with E-state index in [0.717, 1.165) is 50.2 Å². The van der Waals surface area contributed by atoms with Crippen LogP contribution in [0.25, 0.3) is 0 Å². The summed E-state index contributed by atoms with van der Waals surface area (Å²) < 4.78 is 10.8. The third-order valence-corrected chi connectivity index (χ3v) is 3.98. The van der Waals surface area contributed by atoms with Crippen molar-refractivity contribution in [3.05, 3.63) is 23.7 Å². The number of carbonyl (C=O) groups is 1. The van der Waals surface area contributed by atoms with E-state index in [2.05, 4.69) is 12.2 Å². The second-order valence-electron chi connectivity index (χ2n) is 5.40. The highest BCUT2D eigenvalue weighted by atomic mass is 16.5. The van der Waals surface area contributed by atoms with Gasteiger partial charge in [0.05, 0.1) is 19.1 Å². The Morgan fingerprint density at radius 1 is 1.25 bits per heavy atom. The Labute approximate surface area is 120 Å². The fourth-order valence-electron chi connectivity index (χ4n) is 2.75. The van der Waals surface area contributed by atoms with Crippen molar-refractivity contribution < 1.29 is 13.9 Å². The summed E-state index contributed by atoms with van der Waals surface area (Å²) in [5, 5.41) is 3.52. The van der Waals surface area contributed by atoms with Crippen LogP contribution in [0.2, 0.25) is 0 Å². The Hall–Kier alpha value is -1.29. The van der Waals surface area contributed by atoms with E-state index >= 15 is 0 Å². The van der Waals surface area contributed by atoms with Crippen LogP contribution in [0.3, 0.4) is 0 Å². The molecule has 1 N–H and O–H groups in total. The summed E-state index contributed by atoms with van der Waals surface area (Å²) >= 11 is 0.